The highest BCUT2D eigenvalue weighted by atomic mass is 15.3. The third-order valence-corrected chi connectivity index (χ3v) is 7.53. The molecule has 0 bridgehead atoms. The predicted molar refractivity (Wildman–Crippen MR) is 152 cm³/mol. The van der Waals surface area contributed by atoms with Crippen molar-refractivity contribution in [1.29, 1.82) is 0 Å². The Morgan fingerprint density at radius 3 is 1.39 bits per heavy atom. The maximum atomic E-state index is 4.83. The van der Waals surface area contributed by atoms with Crippen molar-refractivity contribution in [3.8, 4) is 23.0 Å². The molecular weight excluding hydrogens is 472 g/mol. The van der Waals surface area contributed by atoms with Gasteiger partial charge in [-0.2, -0.15) is 0 Å². The van der Waals surface area contributed by atoms with E-state index in [4.69, 9.17) is 9.97 Å². The molecule has 0 unspecified atom stereocenters. The van der Waals surface area contributed by atoms with E-state index in [2.05, 4.69) is 65.3 Å². The quantitative estimate of drug-likeness (QED) is 0.343. The second-order valence-corrected chi connectivity index (χ2v) is 9.74. The number of para-hydroxylation sites is 4. The van der Waals surface area contributed by atoms with Crippen LogP contribution >= 0.6 is 0 Å². The molecule has 0 spiro atoms. The van der Waals surface area contributed by atoms with E-state index in [0.717, 1.165) is 71.3 Å². The van der Waals surface area contributed by atoms with Crippen molar-refractivity contribution in [2.75, 3.05) is 36.0 Å². The maximum Gasteiger partial charge on any atom is 0.159 e. The third kappa shape index (κ3) is 3.76. The van der Waals surface area contributed by atoms with Crippen molar-refractivity contribution in [2.45, 2.75) is 0 Å². The summed E-state index contributed by atoms with van der Waals surface area (Å²) in [5.74, 6) is 1.77. The molecule has 0 radical (unpaired) electrons. The van der Waals surface area contributed by atoms with Crippen LogP contribution in [0.4, 0.5) is 11.4 Å². The van der Waals surface area contributed by atoms with Gasteiger partial charge in [0.05, 0.1) is 22.1 Å². The van der Waals surface area contributed by atoms with Crippen LogP contribution in [0.1, 0.15) is 0 Å². The maximum absolute atomic E-state index is 4.83. The van der Waals surface area contributed by atoms with E-state index in [1.54, 1.807) is 0 Å². The predicted octanol–water partition coefficient (Wildman–Crippen LogP) is 4.91. The monoisotopic (exact) mass is 500 g/mol. The number of anilines is 2. The first-order valence-corrected chi connectivity index (χ1v) is 12.9. The number of nitrogens with zero attached hydrogens (tertiary/aromatic N) is 8. The van der Waals surface area contributed by atoms with E-state index in [1.807, 2.05) is 62.9 Å². The molecule has 0 N–H and O–H groups in total. The van der Waals surface area contributed by atoms with Gasteiger partial charge in [0.1, 0.15) is 11.4 Å². The first-order valence-electron chi connectivity index (χ1n) is 12.9. The molecule has 1 aliphatic rings. The molecule has 0 aliphatic carbocycles. The molecule has 1 fully saturated rings. The largest absolute Gasteiger partial charge is 0.368 e. The molecule has 188 valence electrons. The molecule has 0 saturated carbocycles. The molecule has 4 aromatic heterocycles. The average molecular weight is 501 g/mol. The van der Waals surface area contributed by atoms with Crippen molar-refractivity contribution >= 4 is 33.4 Å². The highest BCUT2D eigenvalue weighted by molar-refractivity contribution is 5.81. The zero-order valence-electron chi connectivity index (χ0n) is 21.5. The van der Waals surface area contributed by atoms with Gasteiger partial charge in [-0.1, -0.05) is 24.3 Å². The Labute approximate surface area is 220 Å². The topological polar surface area (TPSA) is 67.9 Å². The summed E-state index contributed by atoms with van der Waals surface area (Å²) in [5.41, 5.74) is 8.34. The molecule has 0 atom stereocenters. The molecule has 8 heteroatoms. The average Bonchev–Trinajstić information content (AvgIpc) is 3.50. The van der Waals surface area contributed by atoms with Crippen molar-refractivity contribution in [1.82, 2.24) is 29.1 Å². The van der Waals surface area contributed by atoms with Crippen molar-refractivity contribution in [3.05, 3.63) is 85.2 Å². The van der Waals surface area contributed by atoms with Crippen molar-refractivity contribution in [2.24, 2.45) is 14.1 Å². The zero-order valence-corrected chi connectivity index (χ0v) is 21.5. The summed E-state index contributed by atoms with van der Waals surface area (Å²) in [5, 5.41) is 0. The number of fused-ring (bicyclic) bond motifs is 2. The van der Waals surface area contributed by atoms with Gasteiger partial charge >= 0.3 is 0 Å². The molecule has 8 nitrogen and oxygen atoms in total. The third-order valence-electron chi connectivity index (χ3n) is 7.53. The second-order valence-electron chi connectivity index (χ2n) is 9.74. The fourth-order valence-corrected chi connectivity index (χ4v) is 5.45. The number of piperazine rings is 1. The van der Waals surface area contributed by atoms with Gasteiger partial charge in [0.25, 0.3) is 0 Å². The molecule has 0 amide bonds. The van der Waals surface area contributed by atoms with Gasteiger partial charge in [0.15, 0.2) is 11.6 Å². The van der Waals surface area contributed by atoms with E-state index < -0.39 is 0 Å². The number of imidazole rings is 2. The lowest BCUT2D eigenvalue weighted by atomic mass is 10.2. The Morgan fingerprint density at radius 2 is 0.974 bits per heavy atom. The van der Waals surface area contributed by atoms with Crippen molar-refractivity contribution in [3.63, 3.8) is 0 Å². The Bertz CT molecular complexity index is 1640. The van der Waals surface area contributed by atoms with Gasteiger partial charge in [-0.25, -0.2) is 9.97 Å². The lowest BCUT2D eigenvalue weighted by Gasteiger charge is -2.37. The van der Waals surface area contributed by atoms with Crippen LogP contribution in [-0.2, 0) is 14.1 Å². The van der Waals surface area contributed by atoms with E-state index in [9.17, 15) is 0 Å². The van der Waals surface area contributed by atoms with Gasteiger partial charge in [-0.3, -0.25) is 9.97 Å². The van der Waals surface area contributed by atoms with Crippen LogP contribution in [0.15, 0.2) is 85.2 Å². The number of pyridine rings is 2. The lowest BCUT2D eigenvalue weighted by Crippen LogP contribution is -2.46. The fourth-order valence-electron chi connectivity index (χ4n) is 5.45. The number of benzene rings is 2. The SMILES string of the molecule is Cn1c(-c2cc(N3CCN(c4ccnc(-c5nc6ccccc6n5C)c4)CC3)ccn2)nc2ccccc21. The number of rotatable bonds is 4. The van der Waals surface area contributed by atoms with Gasteiger partial charge in [-0.15, -0.1) is 0 Å². The highest BCUT2D eigenvalue weighted by Gasteiger charge is 2.20. The fraction of sp³-hybridized carbons (Fsp3) is 0.200. The summed E-state index contributed by atoms with van der Waals surface area (Å²) in [7, 11) is 4.10. The van der Waals surface area contributed by atoms with Gasteiger partial charge in [0, 0.05) is 64.0 Å². The Morgan fingerprint density at radius 1 is 0.553 bits per heavy atom. The first-order chi connectivity index (χ1) is 18.7. The van der Waals surface area contributed by atoms with Crippen LogP contribution in [-0.4, -0.2) is 55.2 Å². The standard InChI is InChI=1S/C30H28N8/c1-35-27-9-5-3-7-23(27)33-29(35)25-19-21(11-13-31-25)37-15-17-38(18-16-37)22-12-14-32-26(20-22)30-34-24-8-4-6-10-28(24)36(30)2/h3-14,19-20H,15-18H2,1-2H3. The Hall–Kier alpha value is -4.72. The second kappa shape index (κ2) is 8.99. The van der Waals surface area contributed by atoms with E-state index >= 15 is 0 Å². The normalized spacial score (nSPS) is 14.1. The van der Waals surface area contributed by atoms with Crippen LogP contribution in [0.25, 0.3) is 45.1 Å². The van der Waals surface area contributed by atoms with E-state index in [-0.39, 0.29) is 0 Å². The summed E-state index contributed by atoms with van der Waals surface area (Å²) in [6.07, 6.45) is 3.78. The smallest absolute Gasteiger partial charge is 0.159 e. The molecular formula is C30H28N8. The molecule has 1 saturated heterocycles. The van der Waals surface area contributed by atoms with Crippen LogP contribution in [0.5, 0.6) is 0 Å². The minimum Gasteiger partial charge on any atom is -0.368 e. The zero-order chi connectivity index (χ0) is 25.6. The van der Waals surface area contributed by atoms with Crippen LogP contribution in [0.2, 0.25) is 0 Å². The Kier molecular flexibility index (Phi) is 5.32. The number of aryl methyl sites for hydroxylation is 2. The van der Waals surface area contributed by atoms with Crippen LogP contribution in [0.3, 0.4) is 0 Å². The Balaban J connectivity index is 1.10. The lowest BCUT2D eigenvalue weighted by molar-refractivity contribution is 0.653. The van der Waals surface area contributed by atoms with Crippen LogP contribution < -0.4 is 9.80 Å². The highest BCUT2D eigenvalue weighted by Crippen LogP contribution is 2.28. The minimum atomic E-state index is 0.887. The van der Waals surface area contributed by atoms with Crippen molar-refractivity contribution < 1.29 is 0 Å². The molecule has 38 heavy (non-hydrogen) atoms. The molecule has 7 rings (SSSR count). The van der Waals surface area contributed by atoms with Gasteiger partial charge < -0.3 is 18.9 Å². The molecule has 2 aromatic carbocycles. The summed E-state index contributed by atoms with van der Waals surface area (Å²) in [6, 6.07) is 24.9. The van der Waals surface area contributed by atoms with E-state index in [0.29, 0.717) is 0 Å². The summed E-state index contributed by atoms with van der Waals surface area (Å²) >= 11 is 0. The van der Waals surface area contributed by atoms with Crippen LogP contribution in [0, 0.1) is 0 Å². The summed E-state index contributed by atoms with van der Waals surface area (Å²) in [4.78, 5) is 23.8. The van der Waals surface area contributed by atoms with Gasteiger partial charge in [-0.05, 0) is 48.5 Å². The summed E-state index contributed by atoms with van der Waals surface area (Å²) < 4.78 is 4.23. The number of hydrogen-bond acceptors (Lipinski definition) is 6. The number of aromatic nitrogens is 6. The first kappa shape index (κ1) is 22.5. The minimum absolute atomic E-state index is 0.887. The van der Waals surface area contributed by atoms with Gasteiger partial charge in [0.2, 0.25) is 0 Å². The summed E-state index contributed by atoms with van der Waals surface area (Å²) in [6.45, 7) is 3.71. The molecule has 5 heterocycles. The number of hydrogen-bond donors (Lipinski definition) is 0. The molecule has 1 aliphatic heterocycles. The van der Waals surface area contributed by atoms with E-state index in [1.165, 1.54) is 11.4 Å². The molecule has 6 aromatic rings.